The molecule has 6 nitrogen and oxygen atoms in total. The zero-order valence-corrected chi connectivity index (χ0v) is 23.1. The number of benzene rings is 2. The number of carbonyl (C=O) groups is 1. The second kappa shape index (κ2) is 11.3. The van der Waals surface area contributed by atoms with Gasteiger partial charge in [-0.05, 0) is 59.9 Å². The van der Waals surface area contributed by atoms with Crippen molar-refractivity contribution in [3.63, 3.8) is 0 Å². The first-order valence-corrected chi connectivity index (χ1v) is 14.5. The van der Waals surface area contributed by atoms with Gasteiger partial charge in [-0.1, -0.05) is 52.0 Å². The molecule has 1 atom stereocenters. The third kappa shape index (κ3) is 7.53. The maximum Gasteiger partial charge on any atom is 0.227 e. The average molecular weight is 518 g/mol. The first-order valence-electron chi connectivity index (χ1n) is 12.6. The summed E-state index contributed by atoms with van der Waals surface area (Å²) in [6.07, 6.45) is 3.34. The molecule has 8 heteroatoms. The molecule has 1 heterocycles. The maximum atomic E-state index is 14.5. The van der Waals surface area contributed by atoms with Gasteiger partial charge in [0.25, 0.3) is 0 Å². The van der Waals surface area contributed by atoms with E-state index in [9.17, 15) is 17.6 Å². The summed E-state index contributed by atoms with van der Waals surface area (Å²) in [6, 6.07) is 11.0. The molecule has 1 fully saturated rings. The lowest BCUT2D eigenvalue weighted by atomic mass is 9.85. The first-order chi connectivity index (χ1) is 16.7. The molecule has 2 aromatic carbocycles. The number of carbonyl (C=O) groups excluding carboxylic acids is 1. The van der Waals surface area contributed by atoms with E-state index in [1.807, 2.05) is 0 Å². The van der Waals surface area contributed by atoms with E-state index in [-0.39, 0.29) is 23.4 Å². The van der Waals surface area contributed by atoms with E-state index in [4.69, 9.17) is 0 Å². The third-order valence-electron chi connectivity index (χ3n) is 7.02. The number of hydrogen-bond acceptors (Lipinski definition) is 4. The Hall–Kier alpha value is -2.45. The van der Waals surface area contributed by atoms with Crippen molar-refractivity contribution in [3.05, 3.63) is 64.5 Å². The van der Waals surface area contributed by atoms with Gasteiger partial charge >= 0.3 is 0 Å². The minimum atomic E-state index is -3.42. The SMILES string of the molecule is CC1CCN(c2cc(C(C)(C)C)ccc2CNC(=O)C(C)c2ccc(CNS(C)(=O)=O)c(F)c2)CC1. The number of halogens is 1. The Morgan fingerprint density at radius 1 is 1.08 bits per heavy atom. The Labute approximate surface area is 215 Å². The Bertz CT molecular complexity index is 1180. The largest absolute Gasteiger partial charge is 0.371 e. The van der Waals surface area contributed by atoms with Gasteiger partial charge in [0.15, 0.2) is 0 Å². The number of amides is 1. The van der Waals surface area contributed by atoms with Crippen molar-refractivity contribution in [1.82, 2.24) is 10.0 Å². The molecule has 0 aliphatic carbocycles. The standard InChI is InChI=1S/C28H40FN3O3S/c1-19-11-13-32(14-12-19)26-16-24(28(3,4)5)10-9-23(26)17-30-27(33)20(2)21-7-8-22(25(29)15-21)18-31-36(6,34)35/h7-10,15-16,19-20,31H,11-14,17-18H2,1-6H3,(H,30,33). The Morgan fingerprint density at radius 3 is 2.31 bits per heavy atom. The Kier molecular flexibility index (Phi) is 8.83. The predicted molar refractivity (Wildman–Crippen MR) is 144 cm³/mol. The fourth-order valence-corrected chi connectivity index (χ4v) is 4.81. The highest BCUT2D eigenvalue weighted by atomic mass is 32.2. The average Bonchev–Trinajstić information content (AvgIpc) is 2.80. The van der Waals surface area contributed by atoms with Gasteiger partial charge in [0.2, 0.25) is 15.9 Å². The van der Waals surface area contributed by atoms with Gasteiger partial charge in [0.05, 0.1) is 12.2 Å². The van der Waals surface area contributed by atoms with Crippen molar-refractivity contribution in [3.8, 4) is 0 Å². The smallest absolute Gasteiger partial charge is 0.227 e. The molecule has 0 spiro atoms. The van der Waals surface area contributed by atoms with Crippen LogP contribution in [0.4, 0.5) is 10.1 Å². The minimum absolute atomic E-state index is 0.0290. The summed E-state index contributed by atoms with van der Waals surface area (Å²) < 4.78 is 39.4. The normalized spacial score (nSPS) is 16.1. The molecule has 1 saturated heterocycles. The lowest BCUT2D eigenvalue weighted by Crippen LogP contribution is -2.35. The molecule has 198 valence electrons. The van der Waals surface area contributed by atoms with E-state index in [0.29, 0.717) is 12.1 Å². The number of anilines is 1. The molecule has 2 N–H and O–H groups in total. The molecule has 0 aromatic heterocycles. The van der Waals surface area contributed by atoms with Gasteiger partial charge in [-0.15, -0.1) is 0 Å². The highest BCUT2D eigenvalue weighted by molar-refractivity contribution is 7.88. The lowest BCUT2D eigenvalue weighted by molar-refractivity contribution is -0.122. The van der Waals surface area contributed by atoms with E-state index in [1.165, 1.54) is 23.4 Å². The van der Waals surface area contributed by atoms with Gasteiger partial charge in [-0.25, -0.2) is 17.5 Å². The van der Waals surface area contributed by atoms with Crippen LogP contribution in [0.5, 0.6) is 0 Å². The second-order valence-corrected chi connectivity index (χ2v) is 13.0. The van der Waals surface area contributed by atoms with E-state index in [1.54, 1.807) is 13.0 Å². The Morgan fingerprint density at radius 2 is 1.72 bits per heavy atom. The minimum Gasteiger partial charge on any atom is -0.371 e. The second-order valence-electron chi connectivity index (χ2n) is 11.1. The van der Waals surface area contributed by atoms with Crippen molar-refractivity contribution in [2.45, 2.75) is 71.9 Å². The molecule has 36 heavy (non-hydrogen) atoms. The number of sulfonamides is 1. The van der Waals surface area contributed by atoms with Crippen molar-refractivity contribution < 1.29 is 17.6 Å². The summed E-state index contributed by atoms with van der Waals surface area (Å²) in [5.41, 5.74) is 4.32. The fourth-order valence-electron chi connectivity index (χ4n) is 4.40. The van der Waals surface area contributed by atoms with Crippen molar-refractivity contribution >= 4 is 21.6 Å². The van der Waals surface area contributed by atoms with Gasteiger partial charge in [0, 0.05) is 37.4 Å². The van der Waals surface area contributed by atoms with Gasteiger partial charge in [0.1, 0.15) is 5.82 Å². The summed E-state index contributed by atoms with van der Waals surface area (Å²) in [5, 5.41) is 3.04. The van der Waals surface area contributed by atoms with Crippen LogP contribution in [0, 0.1) is 11.7 Å². The topological polar surface area (TPSA) is 78.5 Å². The van der Waals surface area contributed by atoms with Gasteiger partial charge in [-0.2, -0.15) is 0 Å². The number of rotatable bonds is 8. The molecule has 1 aliphatic heterocycles. The highest BCUT2D eigenvalue weighted by Gasteiger charge is 2.23. The van der Waals surface area contributed by atoms with E-state index in [0.717, 1.165) is 43.7 Å². The lowest BCUT2D eigenvalue weighted by Gasteiger charge is -2.35. The number of piperidine rings is 1. The monoisotopic (exact) mass is 517 g/mol. The van der Waals surface area contributed by atoms with Crippen LogP contribution in [0.1, 0.15) is 75.6 Å². The number of nitrogens with one attached hydrogen (secondary N) is 2. The van der Waals surface area contributed by atoms with Crippen LogP contribution >= 0.6 is 0 Å². The molecule has 0 bridgehead atoms. The molecule has 0 radical (unpaired) electrons. The molecule has 3 rings (SSSR count). The summed E-state index contributed by atoms with van der Waals surface area (Å²) >= 11 is 0. The fraction of sp³-hybridized carbons (Fsp3) is 0.536. The predicted octanol–water partition coefficient (Wildman–Crippen LogP) is 4.83. The first kappa shape index (κ1) is 28.1. The molecule has 1 aliphatic rings. The van der Waals surface area contributed by atoms with Crippen LogP contribution < -0.4 is 14.9 Å². The van der Waals surface area contributed by atoms with Crippen LogP contribution in [0.15, 0.2) is 36.4 Å². The van der Waals surface area contributed by atoms with Crippen molar-refractivity contribution in [2.24, 2.45) is 5.92 Å². The Balaban J connectivity index is 1.72. The maximum absolute atomic E-state index is 14.5. The van der Waals surface area contributed by atoms with Crippen LogP contribution in [0.2, 0.25) is 0 Å². The van der Waals surface area contributed by atoms with E-state index in [2.05, 4.69) is 60.8 Å². The highest BCUT2D eigenvalue weighted by Crippen LogP contribution is 2.32. The molecule has 1 unspecified atom stereocenters. The molecule has 0 saturated carbocycles. The van der Waals surface area contributed by atoms with Gasteiger partial charge in [-0.3, -0.25) is 4.79 Å². The molecule has 1 amide bonds. The number of hydrogen-bond donors (Lipinski definition) is 2. The molecular weight excluding hydrogens is 477 g/mol. The van der Waals surface area contributed by atoms with E-state index < -0.39 is 21.8 Å². The zero-order chi connectivity index (χ0) is 26.7. The van der Waals surface area contributed by atoms with Crippen LogP contribution in [-0.2, 0) is 33.3 Å². The van der Waals surface area contributed by atoms with Gasteiger partial charge < -0.3 is 10.2 Å². The van der Waals surface area contributed by atoms with Crippen LogP contribution in [0.25, 0.3) is 0 Å². The summed E-state index contributed by atoms with van der Waals surface area (Å²) in [6.45, 7) is 12.9. The summed E-state index contributed by atoms with van der Waals surface area (Å²) in [5.74, 6) is -0.549. The summed E-state index contributed by atoms with van der Waals surface area (Å²) in [7, 11) is -3.42. The van der Waals surface area contributed by atoms with Crippen molar-refractivity contribution in [2.75, 3.05) is 24.2 Å². The van der Waals surface area contributed by atoms with Crippen molar-refractivity contribution in [1.29, 1.82) is 0 Å². The summed E-state index contributed by atoms with van der Waals surface area (Å²) in [4.78, 5) is 15.4. The van der Waals surface area contributed by atoms with Crippen LogP contribution in [0.3, 0.4) is 0 Å². The molecule has 2 aromatic rings. The third-order valence-corrected chi connectivity index (χ3v) is 7.69. The zero-order valence-electron chi connectivity index (χ0n) is 22.3. The van der Waals surface area contributed by atoms with E-state index >= 15 is 0 Å². The quantitative estimate of drug-likeness (QED) is 0.526. The molecular formula is C28H40FN3O3S. The number of nitrogens with zero attached hydrogens (tertiary/aromatic N) is 1. The van der Waals surface area contributed by atoms with Crippen LogP contribution in [-0.4, -0.2) is 33.7 Å².